The van der Waals surface area contributed by atoms with Crippen LogP contribution < -0.4 is 14.2 Å². The molecule has 41 heavy (non-hydrogen) atoms. The van der Waals surface area contributed by atoms with E-state index in [9.17, 15) is 26.4 Å². The van der Waals surface area contributed by atoms with E-state index in [1.807, 2.05) is 38.1 Å². The summed E-state index contributed by atoms with van der Waals surface area (Å²) in [6.45, 7) is 7.57. The van der Waals surface area contributed by atoms with Crippen LogP contribution in [0.1, 0.15) is 49.9 Å². The third kappa shape index (κ3) is 5.35. The zero-order chi connectivity index (χ0) is 30.0. The van der Waals surface area contributed by atoms with Crippen molar-refractivity contribution in [3.8, 4) is 22.6 Å². The van der Waals surface area contributed by atoms with Crippen LogP contribution in [-0.4, -0.2) is 43.0 Å². The van der Waals surface area contributed by atoms with Crippen molar-refractivity contribution in [1.29, 1.82) is 0 Å². The molecule has 8 nitrogen and oxygen atoms in total. The van der Waals surface area contributed by atoms with Crippen molar-refractivity contribution in [2.45, 2.75) is 50.6 Å². The number of hydrogen-bond acceptors (Lipinski definition) is 6. The first-order valence-electron chi connectivity index (χ1n) is 12.6. The SMILES string of the molecule is CC1(C)Cc2c(c(OS(=O)(=O)C(F)(F)F)cc3c2C(c2cccc(-c4ccc(NC(=O)O)cc4)c2)=NCC3(C)C)O1. The summed E-state index contributed by atoms with van der Waals surface area (Å²) >= 11 is 0. The number of rotatable bonds is 5. The number of nitrogens with zero attached hydrogens (tertiary/aromatic N) is 1. The Labute approximate surface area is 235 Å². The lowest BCUT2D eigenvalue weighted by atomic mass is 9.74. The van der Waals surface area contributed by atoms with Crippen LogP contribution in [-0.2, 0) is 22.0 Å². The quantitative estimate of drug-likeness (QED) is 0.259. The summed E-state index contributed by atoms with van der Waals surface area (Å²) in [6.07, 6.45) is -0.873. The lowest BCUT2D eigenvalue weighted by Crippen LogP contribution is -2.32. The molecule has 0 saturated heterocycles. The minimum Gasteiger partial charge on any atom is -0.483 e. The first kappa shape index (κ1) is 28.5. The van der Waals surface area contributed by atoms with Crippen LogP contribution in [0.5, 0.6) is 11.5 Å². The van der Waals surface area contributed by atoms with E-state index in [1.165, 1.54) is 6.07 Å². The van der Waals surface area contributed by atoms with Gasteiger partial charge in [-0.05, 0) is 54.8 Å². The Bertz CT molecular complexity index is 1690. The minimum absolute atomic E-state index is 0.0513. The molecule has 0 unspecified atom stereocenters. The Balaban J connectivity index is 1.64. The number of ether oxygens (including phenoxy) is 1. The first-order valence-corrected chi connectivity index (χ1v) is 14.0. The molecule has 0 atom stereocenters. The molecule has 0 radical (unpaired) electrons. The smallest absolute Gasteiger partial charge is 0.483 e. The molecule has 3 aromatic rings. The maximum absolute atomic E-state index is 13.3. The monoisotopic (exact) mass is 588 g/mol. The van der Waals surface area contributed by atoms with Gasteiger partial charge in [-0.2, -0.15) is 21.6 Å². The van der Waals surface area contributed by atoms with Gasteiger partial charge in [0.05, 0.1) is 5.71 Å². The number of benzene rings is 3. The molecule has 0 aromatic heterocycles. The first-order chi connectivity index (χ1) is 19.0. The molecule has 1 amide bonds. The number of alkyl halides is 3. The average Bonchev–Trinajstić information content (AvgIpc) is 3.19. The van der Waals surface area contributed by atoms with E-state index in [0.29, 0.717) is 41.1 Å². The zero-order valence-electron chi connectivity index (χ0n) is 22.6. The van der Waals surface area contributed by atoms with E-state index in [-0.39, 0.29) is 5.75 Å². The molecule has 5 rings (SSSR count). The fourth-order valence-corrected chi connectivity index (χ4v) is 5.59. The van der Waals surface area contributed by atoms with E-state index >= 15 is 0 Å². The highest BCUT2D eigenvalue weighted by atomic mass is 32.2. The van der Waals surface area contributed by atoms with Gasteiger partial charge in [0.2, 0.25) is 0 Å². The second kappa shape index (κ2) is 9.51. The normalized spacial score (nSPS) is 17.1. The third-order valence-corrected chi connectivity index (χ3v) is 7.98. The molecule has 2 N–H and O–H groups in total. The van der Waals surface area contributed by atoms with Crippen molar-refractivity contribution >= 4 is 27.6 Å². The molecular formula is C29H27F3N2O6S. The Kier molecular flexibility index (Phi) is 6.60. The van der Waals surface area contributed by atoms with Gasteiger partial charge in [-0.1, -0.05) is 44.2 Å². The number of fused-ring (bicyclic) bond motifs is 3. The van der Waals surface area contributed by atoms with Gasteiger partial charge in [-0.25, -0.2) is 4.79 Å². The van der Waals surface area contributed by atoms with Crippen LogP contribution >= 0.6 is 0 Å². The molecule has 0 saturated carbocycles. The second-order valence-corrected chi connectivity index (χ2v) is 12.8. The maximum atomic E-state index is 13.3. The van der Waals surface area contributed by atoms with Gasteiger partial charge in [0, 0.05) is 40.8 Å². The number of amides is 1. The Morgan fingerprint density at radius 2 is 1.68 bits per heavy atom. The van der Waals surface area contributed by atoms with Crippen LogP contribution in [0.25, 0.3) is 11.1 Å². The molecule has 0 bridgehead atoms. The van der Waals surface area contributed by atoms with Gasteiger partial charge in [0.25, 0.3) is 0 Å². The molecular weight excluding hydrogens is 561 g/mol. The fourth-order valence-electron chi connectivity index (χ4n) is 5.14. The van der Waals surface area contributed by atoms with Gasteiger partial charge >= 0.3 is 21.7 Å². The van der Waals surface area contributed by atoms with Crippen LogP contribution in [0.2, 0.25) is 0 Å². The van der Waals surface area contributed by atoms with Crippen molar-refractivity contribution in [3.05, 3.63) is 76.9 Å². The Morgan fingerprint density at radius 1 is 1.02 bits per heavy atom. The van der Waals surface area contributed by atoms with Crippen molar-refractivity contribution in [2.24, 2.45) is 4.99 Å². The van der Waals surface area contributed by atoms with Crippen LogP contribution in [0, 0.1) is 0 Å². The fraction of sp³-hybridized carbons (Fsp3) is 0.310. The van der Waals surface area contributed by atoms with Gasteiger partial charge in [-0.15, -0.1) is 0 Å². The highest BCUT2D eigenvalue weighted by molar-refractivity contribution is 7.88. The summed E-state index contributed by atoms with van der Waals surface area (Å²) in [4.78, 5) is 15.8. The highest BCUT2D eigenvalue weighted by Crippen LogP contribution is 2.50. The molecule has 0 spiro atoms. The van der Waals surface area contributed by atoms with E-state index in [2.05, 4.69) is 9.50 Å². The molecule has 2 aliphatic rings. The summed E-state index contributed by atoms with van der Waals surface area (Å²) in [5, 5.41) is 11.2. The Hall–Kier alpha value is -4.06. The molecule has 3 aromatic carbocycles. The number of anilines is 1. The molecule has 0 fully saturated rings. The van der Waals surface area contributed by atoms with Gasteiger partial charge in [0.1, 0.15) is 5.60 Å². The number of aliphatic imine (C=N–C) groups is 1. The molecule has 2 heterocycles. The predicted octanol–water partition coefficient (Wildman–Crippen LogP) is 6.51. The summed E-state index contributed by atoms with van der Waals surface area (Å²) in [7, 11) is -5.93. The lowest BCUT2D eigenvalue weighted by molar-refractivity contribution is -0.0500. The van der Waals surface area contributed by atoms with E-state index in [4.69, 9.17) is 14.8 Å². The lowest BCUT2D eigenvalue weighted by Gasteiger charge is -2.33. The number of carboxylic acid groups (broad SMARTS) is 1. The number of halogens is 3. The van der Waals surface area contributed by atoms with Crippen molar-refractivity contribution in [1.82, 2.24) is 0 Å². The van der Waals surface area contributed by atoms with E-state index in [0.717, 1.165) is 16.7 Å². The van der Waals surface area contributed by atoms with E-state index in [1.54, 1.807) is 38.1 Å². The van der Waals surface area contributed by atoms with Crippen LogP contribution in [0.15, 0.2) is 59.6 Å². The zero-order valence-corrected chi connectivity index (χ0v) is 23.4. The number of carbonyl (C=O) groups is 1. The second-order valence-electron chi connectivity index (χ2n) is 11.3. The van der Waals surface area contributed by atoms with E-state index < -0.39 is 38.5 Å². The van der Waals surface area contributed by atoms with Gasteiger partial charge in [0.15, 0.2) is 11.5 Å². The number of nitrogens with one attached hydrogen (secondary N) is 1. The minimum atomic E-state index is -5.93. The standard InChI is InChI=1S/C29H27F3N2O6S/c1-27(2)15-33-24(18-7-5-6-17(12-18)16-8-10-19(11-9-16)34-26(35)36)23-20-14-28(3,4)39-25(20)22(13-21(23)27)40-41(37,38)29(30,31)32/h5-13,34H,14-15H2,1-4H3,(H,35,36). The molecule has 0 aliphatic carbocycles. The third-order valence-electron chi connectivity index (χ3n) is 7.01. The number of hydrogen-bond donors (Lipinski definition) is 2. The van der Waals surface area contributed by atoms with Gasteiger partial charge in [-0.3, -0.25) is 10.3 Å². The van der Waals surface area contributed by atoms with Crippen molar-refractivity contribution in [3.63, 3.8) is 0 Å². The predicted molar refractivity (Wildman–Crippen MR) is 148 cm³/mol. The largest absolute Gasteiger partial charge is 0.534 e. The topological polar surface area (TPSA) is 114 Å². The van der Waals surface area contributed by atoms with Crippen molar-refractivity contribution in [2.75, 3.05) is 11.9 Å². The maximum Gasteiger partial charge on any atom is 0.534 e. The molecule has 2 aliphatic heterocycles. The summed E-state index contributed by atoms with van der Waals surface area (Å²) in [5.41, 5.74) is -1.84. The highest BCUT2D eigenvalue weighted by Gasteiger charge is 2.50. The van der Waals surface area contributed by atoms with Gasteiger partial charge < -0.3 is 14.0 Å². The van der Waals surface area contributed by atoms with Crippen molar-refractivity contribution < 1.29 is 40.4 Å². The Morgan fingerprint density at radius 3 is 2.32 bits per heavy atom. The summed E-state index contributed by atoms with van der Waals surface area (Å²) in [5.74, 6) is -0.551. The van der Waals surface area contributed by atoms with Crippen LogP contribution in [0.3, 0.4) is 0 Å². The van der Waals surface area contributed by atoms with Crippen LogP contribution in [0.4, 0.5) is 23.7 Å². The summed E-state index contributed by atoms with van der Waals surface area (Å²) < 4.78 is 74.3. The average molecular weight is 589 g/mol. The summed E-state index contributed by atoms with van der Waals surface area (Å²) in [6, 6.07) is 15.7. The molecule has 12 heteroatoms. The molecule has 216 valence electrons.